The molecule has 1 amide bonds. The zero-order chi connectivity index (χ0) is 10.3. The second-order valence-corrected chi connectivity index (χ2v) is 3.06. The van der Waals surface area contributed by atoms with E-state index < -0.39 is 17.3 Å². The molecule has 0 radical (unpaired) electrons. The fourth-order valence-electron chi connectivity index (χ4n) is 1.42. The van der Waals surface area contributed by atoms with E-state index >= 15 is 0 Å². The van der Waals surface area contributed by atoms with E-state index in [0.717, 1.165) is 12.1 Å². The Morgan fingerprint density at radius 3 is 2.93 bits per heavy atom. The van der Waals surface area contributed by atoms with Gasteiger partial charge in [-0.2, -0.15) is 5.26 Å². The summed E-state index contributed by atoms with van der Waals surface area (Å²) < 4.78 is 12.8. The maximum absolute atomic E-state index is 12.8. The van der Waals surface area contributed by atoms with Crippen LogP contribution in [0, 0.1) is 17.1 Å². The summed E-state index contributed by atoms with van der Waals surface area (Å²) in [6.07, 6.45) is 0. The van der Waals surface area contributed by atoms with Crippen LogP contribution in [0.4, 0.5) is 10.1 Å². The molecule has 3 N–H and O–H groups in total. The van der Waals surface area contributed by atoms with Gasteiger partial charge in [0.25, 0.3) is 5.91 Å². The van der Waals surface area contributed by atoms with Crippen LogP contribution in [0.2, 0.25) is 0 Å². The van der Waals surface area contributed by atoms with Crippen LogP contribution in [0.1, 0.15) is 5.56 Å². The van der Waals surface area contributed by atoms with Gasteiger partial charge in [-0.25, -0.2) is 4.39 Å². The Hall–Kier alpha value is -1.93. The third kappa shape index (κ3) is 0.916. The highest BCUT2D eigenvalue weighted by Crippen LogP contribution is 2.33. The summed E-state index contributed by atoms with van der Waals surface area (Å²) >= 11 is 0. The summed E-state index contributed by atoms with van der Waals surface area (Å²) in [5.74, 6) is -1.10. The zero-order valence-electron chi connectivity index (χ0n) is 7.04. The van der Waals surface area contributed by atoms with Gasteiger partial charge in [0.1, 0.15) is 5.82 Å². The van der Waals surface area contributed by atoms with Gasteiger partial charge in [-0.1, -0.05) is 6.07 Å². The molecule has 0 aromatic heterocycles. The van der Waals surface area contributed by atoms with E-state index in [1.165, 1.54) is 6.07 Å². The largest absolute Gasteiger partial charge is 0.323 e. The molecule has 0 saturated heterocycles. The van der Waals surface area contributed by atoms with Crippen molar-refractivity contribution in [3.63, 3.8) is 0 Å². The number of amides is 1. The molecule has 70 valence electrons. The topological polar surface area (TPSA) is 78.9 Å². The lowest BCUT2D eigenvalue weighted by molar-refractivity contribution is -0.118. The molecule has 0 saturated carbocycles. The van der Waals surface area contributed by atoms with Crippen molar-refractivity contribution in [1.82, 2.24) is 0 Å². The van der Waals surface area contributed by atoms with Crippen molar-refractivity contribution in [2.75, 3.05) is 5.32 Å². The Morgan fingerprint density at radius 1 is 1.57 bits per heavy atom. The van der Waals surface area contributed by atoms with Crippen molar-refractivity contribution < 1.29 is 9.18 Å². The number of nitrogens with two attached hydrogens (primary N) is 1. The van der Waals surface area contributed by atoms with E-state index in [2.05, 4.69) is 5.32 Å². The lowest BCUT2D eigenvalue weighted by Gasteiger charge is -2.10. The zero-order valence-corrected chi connectivity index (χ0v) is 7.04. The second kappa shape index (κ2) is 2.53. The van der Waals surface area contributed by atoms with E-state index in [9.17, 15) is 9.18 Å². The molecule has 0 aliphatic carbocycles. The number of carbonyl (C=O) groups excluding carboxylic acids is 1. The molecule has 1 aromatic rings. The Morgan fingerprint density at radius 2 is 2.29 bits per heavy atom. The van der Waals surface area contributed by atoms with Crippen molar-refractivity contribution in [1.29, 1.82) is 5.26 Å². The van der Waals surface area contributed by atoms with Crippen LogP contribution >= 0.6 is 0 Å². The average Bonchev–Trinajstić information content (AvgIpc) is 2.39. The summed E-state index contributed by atoms with van der Waals surface area (Å²) in [5, 5.41) is 11.1. The predicted molar refractivity (Wildman–Crippen MR) is 46.5 cm³/mol. The van der Waals surface area contributed by atoms with Gasteiger partial charge >= 0.3 is 0 Å². The van der Waals surface area contributed by atoms with Gasteiger partial charge in [0.15, 0.2) is 0 Å². The van der Waals surface area contributed by atoms with Crippen LogP contribution in [-0.2, 0) is 10.3 Å². The molecule has 1 heterocycles. The average molecular weight is 191 g/mol. The molecule has 1 aromatic carbocycles. The van der Waals surface area contributed by atoms with Crippen LogP contribution in [0.25, 0.3) is 0 Å². The number of carbonyl (C=O) groups is 1. The SMILES string of the molecule is N#C[C@]1(N)C(=O)Nc2cc(F)ccc21. The van der Waals surface area contributed by atoms with Crippen molar-refractivity contribution in [2.45, 2.75) is 5.54 Å². The number of nitrogens with one attached hydrogen (secondary N) is 1. The normalized spacial score (nSPS) is 23.9. The number of nitriles is 1. The smallest absolute Gasteiger partial charge is 0.264 e. The third-order valence-electron chi connectivity index (χ3n) is 2.19. The molecule has 0 spiro atoms. The second-order valence-electron chi connectivity index (χ2n) is 3.06. The molecule has 2 rings (SSSR count). The molecule has 1 aliphatic heterocycles. The third-order valence-corrected chi connectivity index (χ3v) is 2.19. The summed E-state index contributed by atoms with van der Waals surface area (Å²) in [7, 11) is 0. The van der Waals surface area contributed by atoms with Gasteiger partial charge in [0.2, 0.25) is 5.54 Å². The first-order valence-electron chi connectivity index (χ1n) is 3.89. The Balaban J connectivity index is 2.66. The van der Waals surface area contributed by atoms with Gasteiger partial charge in [-0.15, -0.1) is 0 Å². The van der Waals surface area contributed by atoms with Gasteiger partial charge in [-0.05, 0) is 12.1 Å². The summed E-state index contributed by atoms with van der Waals surface area (Å²) in [4.78, 5) is 11.3. The van der Waals surface area contributed by atoms with Crippen LogP contribution < -0.4 is 11.1 Å². The van der Waals surface area contributed by atoms with E-state index in [-0.39, 0.29) is 5.69 Å². The molecule has 1 aliphatic rings. The number of nitrogens with zero attached hydrogens (tertiary/aromatic N) is 1. The van der Waals surface area contributed by atoms with Crippen LogP contribution in [0.15, 0.2) is 18.2 Å². The lowest BCUT2D eigenvalue weighted by atomic mass is 9.94. The highest BCUT2D eigenvalue weighted by atomic mass is 19.1. The lowest BCUT2D eigenvalue weighted by Crippen LogP contribution is -2.41. The first-order chi connectivity index (χ1) is 6.58. The first kappa shape index (κ1) is 8.66. The van der Waals surface area contributed by atoms with Crippen LogP contribution in [0.5, 0.6) is 0 Å². The Labute approximate surface area is 79.1 Å². The number of benzene rings is 1. The molecule has 0 fully saturated rings. The van der Waals surface area contributed by atoms with Crippen molar-refractivity contribution in [3.05, 3.63) is 29.6 Å². The number of rotatable bonds is 0. The molecule has 1 atom stereocenters. The van der Waals surface area contributed by atoms with Gasteiger partial charge < -0.3 is 11.1 Å². The monoisotopic (exact) mass is 191 g/mol. The maximum Gasteiger partial charge on any atom is 0.264 e. The van der Waals surface area contributed by atoms with Gasteiger partial charge in [0, 0.05) is 5.56 Å². The van der Waals surface area contributed by atoms with Crippen molar-refractivity contribution in [2.24, 2.45) is 5.73 Å². The molecular weight excluding hydrogens is 185 g/mol. The molecule has 5 heteroatoms. The Bertz CT molecular complexity index is 466. The standard InChI is InChI=1S/C9H6FN3O/c10-5-1-2-6-7(3-5)13-8(14)9(6,12)4-11/h1-3H,12H2,(H,13,14)/t9-/m1/s1. The number of anilines is 1. The van der Waals surface area contributed by atoms with Crippen LogP contribution in [-0.4, -0.2) is 5.91 Å². The first-order valence-corrected chi connectivity index (χ1v) is 3.89. The number of hydrogen-bond acceptors (Lipinski definition) is 3. The fraction of sp³-hybridized carbons (Fsp3) is 0.111. The number of halogens is 1. The Kier molecular flexibility index (Phi) is 1.56. The van der Waals surface area contributed by atoms with E-state index in [1.807, 2.05) is 0 Å². The minimum atomic E-state index is -1.69. The van der Waals surface area contributed by atoms with Gasteiger partial charge in [0.05, 0.1) is 11.8 Å². The maximum atomic E-state index is 12.8. The van der Waals surface area contributed by atoms with E-state index in [4.69, 9.17) is 11.0 Å². The van der Waals surface area contributed by atoms with E-state index in [0.29, 0.717) is 5.56 Å². The van der Waals surface area contributed by atoms with E-state index in [1.54, 1.807) is 6.07 Å². The fourth-order valence-corrected chi connectivity index (χ4v) is 1.42. The highest BCUT2D eigenvalue weighted by molar-refractivity contribution is 6.07. The molecule has 0 bridgehead atoms. The number of hydrogen-bond donors (Lipinski definition) is 2. The van der Waals surface area contributed by atoms with Crippen molar-refractivity contribution in [3.8, 4) is 6.07 Å². The molecule has 0 unspecified atom stereocenters. The quantitative estimate of drug-likeness (QED) is 0.625. The molecular formula is C9H6FN3O. The number of fused-ring (bicyclic) bond motifs is 1. The summed E-state index contributed by atoms with van der Waals surface area (Å²) in [5.41, 5.74) is 4.45. The molecule has 4 nitrogen and oxygen atoms in total. The van der Waals surface area contributed by atoms with Crippen molar-refractivity contribution >= 4 is 11.6 Å². The molecule has 14 heavy (non-hydrogen) atoms. The summed E-state index contributed by atoms with van der Waals surface area (Å²) in [6, 6.07) is 5.35. The van der Waals surface area contributed by atoms with Gasteiger partial charge in [-0.3, -0.25) is 4.79 Å². The minimum absolute atomic E-state index is 0.263. The van der Waals surface area contributed by atoms with Crippen LogP contribution in [0.3, 0.4) is 0 Å². The highest BCUT2D eigenvalue weighted by Gasteiger charge is 2.44. The summed E-state index contributed by atoms with van der Waals surface area (Å²) in [6.45, 7) is 0. The minimum Gasteiger partial charge on any atom is -0.323 e. The predicted octanol–water partition coefficient (Wildman–Crippen LogP) is 0.455.